The molecule has 1 aliphatic rings. The maximum atomic E-state index is 6.34. The zero-order valence-corrected chi connectivity index (χ0v) is 14.5. The molecule has 0 unspecified atom stereocenters. The third-order valence-electron chi connectivity index (χ3n) is 4.15. The third-order valence-corrected chi connectivity index (χ3v) is 5.01. The van der Waals surface area contributed by atoms with Crippen LogP contribution in [-0.2, 0) is 6.54 Å². The highest BCUT2D eigenvalue weighted by Gasteiger charge is 2.24. The maximum absolute atomic E-state index is 6.34. The molecule has 1 fully saturated rings. The van der Waals surface area contributed by atoms with Crippen LogP contribution in [0.15, 0.2) is 22.7 Å². The van der Waals surface area contributed by atoms with Gasteiger partial charge in [-0.05, 0) is 62.4 Å². The number of rotatable bonds is 5. The zero-order chi connectivity index (χ0) is 14.5. The summed E-state index contributed by atoms with van der Waals surface area (Å²) in [6.45, 7) is 4.30. The fraction of sp³-hybridized carbons (Fsp3) is 0.625. The van der Waals surface area contributed by atoms with E-state index in [-0.39, 0.29) is 0 Å². The molecule has 1 aliphatic carbocycles. The standard InChI is InChI=1S/C16H24BrClN2/c1-2-9-20(15-6-4-14(19)5-7-15)11-12-10-13(17)3-8-16(12)18/h3,8,10,14-15H,2,4-7,9,11,19H2,1H3. The quantitative estimate of drug-likeness (QED) is 0.833. The van der Waals surface area contributed by atoms with Gasteiger partial charge in [0.1, 0.15) is 0 Å². The molecule has 1 aromatic rings. The first-order valence-corrected chi connectivity index (χ1v) is 8.70. The van der Waals surface area contributed by atoms with Crippen LogP contribution in [0.1, 0.15) is 44.6 Å². The van der Waals surface area contributed by atoms with Gasteiger partial charge in [-0.3, -0.25) is 4.90 Å². The number of benzene rings is 1. The summed E-state index contributed by atoms with van der Waals surface area (Å²) in [5.41, 5.74) is 7.23. The molecule has 0 atom stereocenters. The van der Waals surface area contributed by atoms with E-state index < -0.39 is 0 Å². The van der Waals surface area contributed by atoms with E-state index in [1.165, 1.54) is 24.8 Å². The van der Waals surface area contributed by atoms with E-state index in [9.17, 15) is 0 Å². The first-order valence-electron chi connectivity index (χ1n) is 7.53. The van der Waals surface area contributed by atoms with E-state index in [1.807, 2.05) is 12.1 Å². The maximum Gasteiger partial charge on any atom is 0.0451 e. The molecule has 0 spiro atoms. The van der Waals surface area contributed by atoms with Crippen molar-refractivity contribution in [3.63, 3.8) is 0 Å². The number of hydrogen-bond donors (Lipinski definition) is 1. The van der Waals surface area contributed by atoms with Gasteiger partial charge < -0.3 is 5.73 Å². The summed E-state index contributed by atoms with van der Waals surface area (Å²) in [5, 5.41) is 0.863. The van der Waals surface area contributed by atoms with Crippen molar-refractivity contribution < 1.29 is 0 Å². The Balaban J connectivity index is 2.06. The number of hydrogen-bond acceptors (Lipinski definition) is 2. The summed E-state index contributed by atoms with van der Waals surface area (Å²) in [5.74, 6) is 0. The van der Waals surface area contributed by atoms with Crippen LogP contribution in [0, 0.1) is 0 Å². The van der Waals surface area contributed by atoms with Gasteiger partial charge in [-0.2, -0.15) is 0 Å². The average Bonchev–Trinajstić information content (AvgIpc) is 2.43. The van der Waals surface area contributed by atoms with E-state index in [0.717, 1.165) is 35.4 Å². The van der Waals surface area contributed by atoms with Crippen LogP contribution in [0.4, 0.5) is 0 Å². The molecule has 0 saturated heterocycles. The summed E-state index contributed by atoms with van der Waals surface area (Å²) in [6, 6.07) is 7.17. The Morgan fingerprint density at radius 1 is 1.30 bits per heavy atom. The first kappa shape index (κ1) is 16.3. The predicted molar refractivity (Wildman–Crippen MR) is 90.1 cm³/mol. The fourth-order valence-corrected chi connectivity index (χ4v) is 3.61. The summed E-state index contributed by atoms with van der Waals surface area (Å²) in [7, 11) is 0. The Morgan fingerprint density at radius 3 is 2.65 bits per heavy atom. The van der Waals surface area contributed by atoms with Crippen molar-refractivity contribution in [2.75, 3.05) is 6.54 Å². The molecule has 0 radical (unpaired) electrons. The van der Waals surface area contributed by atoms with E-state index in [0.29, 0.717) is 12.1 Å². The highest BCUT2D eigenvalue weighted by Crippen LogP contribution is 2.27. The zero-order valence-electron chi connectivity index (χ0n) is 12.1. The molecule has 2 rings (SSSR count). The van der Waals surface area contributed by atoms with Crippen molar-refractivity contribution in [1.82, 2.24) is 4.90 Å². The summed E-state index contributed by atoms with van der Waals surface area (Å²) < 4.78 is 1.10. The van der Waals surface area contributed by atoms with Crippen LogP contribution in [0.25, 0.3) is 0 Å². The van der Waals surface area contributed by atoms with E-state index in [2.05, 4.69) is 33.8 Å². The summed E-state index contributed by atoms with van der Waals surface area (Å²) in [4.78, 5) is 2.58. The molecule has 0 aromatic heterocycles. The molecule has 0 bridgehead atoms. The molecule has 2 nitrogen and oxygen atoms in total. The Hall–Kier alpha value is -0.0900. The third kappa shape index (κ3) is 4.45. The normalized spacial score (nSPS) is 23.2. The largest absolute Gasteiger partial charge is 0.328 e. The van der Waals surface area contributed by atoms with Gasteiger partial charge in [-0.15, -0.1) is 0 Å². The Labute approximate surface area is 135 Å². The average molecular weight is 360 g/mol. The van der Waals surface area contributed by atoms with Gasteiger partial charge in [0.15, 0.2) is 0 Å². The number of nitrogens with two attached hydrogens (primary N) is 1. The van der Waals surface area contributed by atoms with E-state index in [4.69, 9.17) is 17.3 Å². The van der Waals surface area contributed by atoms with Crippen molar-refractivity contribution in [3.05, 3.63) is 33.3 Å². The van der Waals surface area contributed by atoms with Gasteiger partial charge in [-0.25, -0.2) is 0 Å². The molecular formula is C16H24BrClN2. The van der Waals surface area contributed by atoms with Crippen LogP contribution in [0.2, 0.25) is 5.02 Å². The molecular weight excluding hydrogens is 336 g/mol. The molecule has 1 saturated carbocycles. The minimum Gasteiger partial charge on any atom is -0.328 e. The monoisotopic (exact) mass is 358 g/mol. The number of halogens is 2. The molecule has 0 heterocycles. The van der Waals surface area contributed by atoms with Gasteiger partial charge >= 0.3 is 0 Å². The SMILES string of the molecule is CCCN(Cc1cc(Br)ccc1Cl)C1CCC(N)CC1. The fourth-order valence-electron chi connectivity index (χ4n) is 3.03. The summed E-state index contributed by atoms with van der Waals surface area (Å²) in [6.07, 6.45) is 5.90. The Bertz CT molecular complexity index is 430. The highest BCUT2D eigenvalue weighted by molar-refractivity contribution is 9.10. The lowest BCUT2D eigenvalue weighted by molar-refractivity contribution is 0.142. The summed E-state index contributed by atoms with van der Waals surface area (Å²) >= 11 is 9.87. The Kier molecular flexibility index (Phi) is 6.34. The second-order valence-electron chi connectivity index (χ2n) is 5.77. The minimum atomic E-state index is 0.407. The molecule has 1 aromatic carbocycles. The second-order valence-corrected chi connectivity index (χ2v) is 7.10. The van der Waals surface area contributed by atoms with Crippen molar-refractivity contribution in [2.45, 2.75) is 57.7 Å². The molecule has 2 N–H and O–H groups in total. The van der Waals surface area contributed by atoms with Gasteiger partial charge in [0.25, 0.3) is 0 Å². The molecule has 0 amide bonds. The van der Waals surface area contributed by atoms with Crippen LogP contribution >= 0.6 is 27.5 Å². The molecule has 20 heavy (non-hydrogen) atoms. The van der Waals surface area contributed by atoms with Gasteiger partial charge in [0.2, 0.25) is 0 Å². The highest BCUT2D eigenvalue weighted by atomic mass is 79.9. The van der Waals surface area contributed by atoms with Crippen molar-refractivity contribution in [2.24, 2.45) is 5.73 Å². The van der Waals surface area contributed by atoms with E-state index >= 15 is 0 Å². The van der Waals surface area contributed by atoms with Crippen molar-refractivity contribution in [1.29, 1.82) is 0 Å². The smallest absolute Gasteiger partial charge is 0.0451 e. The van der Waals surface area contributed by atoms with Crippen LogP contribution in [-0.4, -0.2) is 23.5 Å². The van der Waals surface area contributed by atoms with Crippen molar-refractivity contribution >= 4 is 27.5 Å². The molecule has 112 valence electrons. The lowest BCUT2D eigenvalue weighted by atomic mass is 9.90. The predicted octanol–water partition coefficient (Wildman–Crippen LogP) is 4.58. The topological polar surface area (TPSA) is 29.3 Å². The molecule has 4 heteroatoms. The van der Waals surface area contributed by atoms with Gasteiger partial charge in [0, 0.05) is 28.1 Å². The molecule has 0 aliphatic heterocycles. The minimum absolute atomic E-state index is 0.407. The van der Waals surface area contributed by atoms with Crippen molar-refractivity contribution in [3.8, 4) is 0 Å². The van der Waals surface area contributed by atoms with Gasteiger partial charge in [0.05, 0.1) is 0 Å². The number of nitrogens with zero attached hydrogens (tertiary/aromatic N) is 1. The van der Waals surface area contributed by atoms with Crippen LogP contribution in [0.5, 0.6) is 0 Å². The van der Waals surface area contributed by atoms with E-state index in [1.54, 1.807) is 0 Å². The van der Waals surface area contributed by atoms with Crippen LogP contribution < -0.4 is 5.73 Å². The van der Waals surface area contributed by atoms with Gasteiger partial charge in [-0.1, -0.05) is 34.5 Å². The lowest BCUT2D eigenvalue weighted by Crippen LogP contribution is -2.40. The lowest BCUT2D eigenvalue weighted by Gasteiger charge is -2.36. The second kappa shape index (κ2) is 7.79. The van der Waals surface area contributed by atoms with Crippen LogP contribution in [0.3, 0.4) is 0 Å². The first-order chi connectivity index (χ1) is 9.60. The Morgan fingerprint density at radius 2 is 2.00 bits per heavy atom.